The van der Waals surface area contributed by atoms with Crippen LogP contribution in [-0.2, 0) is 29.1 Å². The summed E-state index contributed by atoms with van der Waals surface area (Å²) in [5.74, 6) is -2.64. The third kappa shape index (κ3) is 7.21. The molecular weight excluding hydrogens is 456 g/mol. The van der Waals surface area contributed by atoms with Gasteiger partial charge in [0.1, 0.15) is 0 Å². The fourth-order valence-electron chi connectivity index (χ4n) is 2.03. The van der Waals surface area contributed by atoms with Gasteiger partial charge in [0.25, 0.3) is 16.0 Å². The number of anilines is 1. The summed E-state index contributed by atoms with van der Waals surface area (Å²) >= 11 is 0.688. The van der Waals surface area contributed by atoms with E-state index in [1.165, 1.54) is 36.4 Å². The number of aliphatic carboxylic acids is 1. The molecule has 13 nitrogen and oxygen atoms in total. The Hall–Kier alpha value is -3.21. The largest absolute Gasteiger partial charge is 0.477 e. The predicted octanol–water partition coefficient (Wildman–Crippen LogP) is 2.56. The first kappa shape index (κ1) is 24.1. The molecule has 0 aromatic heterocycles. The summed E-state index contributed by atoms with van der Waals surface area (Å²) in [5.41, 5.74) is -0.748. The van der Waals surface area contributed by atoms with Crippen LogP contribution in [0.3, 0.4) is 0 Å². The van der Waals surface area contributed by atoms with Crippen molar-refractivity contribution in [2.24, 2.45) is 10.2 Å². The summed E-state index contributed by atoms with van der Waals surface area (Å²) in [6.07, 6.45) is 0. The zero-order valence-electron chi connectivity index (χ0n) is 15.2. The van der Waals surface area contributed by atoms with Gasteiger partial charge in [0.2, 0.25) is 0 Å². The van der Waals surface area contributed by atoms with Gasteiger partial charge >= 0.3 is 5.97 Å². The van der Waals surface area contributed by atoms with Crippen LogP contribution in [0, 0.1) is 5.41 Å². The third-order valence-electron chi connectivity index (χ3n) is 3.46. The fourth-order valence-corrected chi connectivity index (χ4v) is 2.86. The Balaban J connectivity index is 2.17. The van der Waals surface area contributed by atoms with Gasteiger partial charge in [-0.3, -0.25) is 14.8 Å². The van der Waals surface area contributed by atoms with Crippen molar-refractivity contribution in [1.29, 1.82) is 5.41 Å². The van der Waals surface area contributed by atoms with Crippen LogP contribution < -0.4 is 5.32 Å². The van der Waals surface area contributed by atoms with Gasteiger partial charge in [-0.15, -0.1) is 4.33 Å². The number of nitrogens with zero attached hydrogens (tertiary/aromatic N) is 2. The molecule has 0 heterocycles. The second kappa shape index (κ2) is 10.7. The number of carboxylic acid groups (broad SMARTS) is 1. The standard InChI is InChI=1S/C16H14N4O9S2/c17-13(16(22)23)14(20-19-10-3-7-12(8-4-10)31(25,26)27)15(21)18-9-1-5-11(6-2-9)30-29-28-24/h1-8,14,17,24H,(H,18,21)(H,22,23)(H,25,26,27). The molecule has 2 aromatic rings. The molecule has 2 aromatic carbocycles. The van der Waals surface area contributed by atoms with Gasteiger partial charge in [0.15, 0.2) is 11.8 Å². The predicted molar refractivity (Wildman–Crippen MR) is 106 cm³/mol. The normalized spacial score (nSPS) is 12.5. The molecule has 0 spiro atoms. The van der Waals surface area contributed by atoms with Crippen LogP contribution in [0.5, 0.6) is 0 Å². The second-order valence-corrected chi connectivity index (χ2v) is 7.74. The maximum atomic E-state index is 12.5. The molecule has 0 aliphatic rings. The summed E-state index contributed by atoms with van der Waals surface area (Å²) < 4.78 is 35.3. The van der Waals surface area contributed by atoms with E-state index in [0.29, 0.717) is 16.9 Å². The van der Waals surface area contributed by atoms with Crippen LogP contribution in [0.2, 0.25) is 0 Å². The van der Waals surface area contributed by atoms with E-state index in [1.54, 1.807) is 0 Å². The lowest BCUT2D eigenvalue weighted by Gasteiger charge is -2.11. The van der Waals surface area contributed by atoms with Crippen LogP contribution in [-0.4, -0.2) is 47.0 Å². The molecule has 1 amide bonds. The molecule has 164 valence electrons. The number of amides is 1. The van der Waals surface area contributed by atoms with Crippen LogP contribution in [0.25, 0.3) is 0 Å². The summed E-state index contributed by atoms with van der Waals surface area (Å²) in [5, 5.41) is 37.9. The zero-order chi connectivity index (χ0) is 23.0. The number of carbonyl (C=O) groups excluding carboxylic acids is 1. The highest BCUT2D eigenvalue weighted by atomic mass is 32.2. The van der Waals surface area contributed by atoms with Crippen molar-refractivity contribution in [2.75, 3.05) is 5.32 Å². The monoisotopic (exact) mass is 470 g/mol. The maximum absolute atomic E-state index is 12.5. The summed E-state index contributed by atoms with van der Waals surface area (Å²) in [7, 11) is -4.41. The summed E-state index contributed by atoms with van der Waals surface area (Å²) in [6, 6.07) is 8.46. The molecule has 31 heavy (non-hydrogen) atoms. The Kier molecular flexibility index (Phi) is 8.31. The number of azo groups is 1. The fraction of sp³-hybridized carbons (Fsp3) is 0.0625. The highest BCUT2D eigenvalue weighted by Crippen LogP contribution is 2.22. The highest BCUT2D eigenvalue weighted by Gasteiger charge is 2.28. The molecule has 0 aliphatic carbocycles. The van der Waals surface area contributed by atoms with Crippen LogP contribution in [0.4, 0.5) is 11.4 Å². The SMILES string of the molecule is N=C(C(=O)O)C(N=Nc1ccc(S(=O)(=O)O)cc1)C(=O)Nc1ccc(SOOO)cc1. The van der Waals surface area contributed by atoms with Crippen molar-refractivity contribution in [3.63, 3.8) is 0 Å². The molecule has 0 saturated heterocycles. The van der Waals surface area contributed by atoms with Crippen molar-refractivity contribution in [1.82, 2.24) is 0 Å². The van der Waals surface area contributed by atoms with Crippen molar-refractivity contribution in [3.05, 3.63) is 48.5 Å². The average molecular weight is 470 g/mol. The van der Waals surface area contributed by atoms with E-state index in [2.05, 4.69) is 24.9 Å². The number of nitrogens with one attached hydrogen (secondary N) is 2. The summed E-state index contributed by atoms with van der Waals surface area (Å²) in [4.78, 5) is 23.7. The van der Waals surface area contributed by atoms with Crippen molar-refractivity contribution < 1.29 is 42.3 Å². The van der Waals surface area contributed by atoms with Gasteiger partial charge in [-0.2, -0.15) is 18.6 Å². The highest BCUT2D eigenvalue weighted by molar-refractivity contribution is 7.94. The molecule has 0 fully saturated rings. The third-order valence-corrected chi connectivity index (χ3v) is 4.92. The second-order valence-electron chi connectivity index (χ2n) is 5.55. The van der Waals surface area contributed by atoms with E-state index < -0.39 is 38.6 Å². The van der Waals surface area contributed by atoms with Gasteiger partial charge < -0.3 is 10.4 Å². The van der Waals surface area contributed by atoms with Crippen LogP contribution in [0.15, 0.2) is 68.6 Å². The number of rotatable bonds is 10. The molecule has 0 saturated carbocycles. The van der Waals surface area contributed by atoms with E-state index in [4.69, 9.17) is 20.3 Å². The van der Waals surface area contributed by atoms with E-state index >= 15 is 0 Å². The molecular formula is C16H14N4O9S2. The Morgan fingerprint density at radius 3 is 2.23 bits per heavy atom. The van der Waals surface area contributed by atoms with Crippen LogP contribution in [0.1, 0.15) is 0 Å². The molecule has 1 atom stereocenters. The number of carbonyl (C=O) groups is 2. The van der Waals surface area contributed by atoms with Crippen LogP contribution >= 0.6 is 12.0 Å². The van der Waals surface area contributed by atoms with E-state index in [0.717, 1.165) is 12.1 Å². The lowest BCUT2D eigenvalue weighted by Crippen LogP contribution is -2.37. The smallest absolute Gasteiger partial charge is 0.352 e. The number of benzene rings is 2. The minimum Gasteiger partial charge on any atom is -0.477 e. The maximum Gasteiger partial charge on any atom is 0.352 e. The number of hydrogen-bond donors (Lipinski definition) is 5. The molecule has 0 aliphatic heterocycles. The molecule has 0 bridgehead atoms. The summed E-state index contributed by atoms with van der Waals surface area (Å²) in [6.45, 7) is 0. The van der Waals surface area contributed by atoms with E-state index in [1.807, 2.05) is 0 Å². The molecule has 15 heteroatoms. The van der Waals surface area contributed by atoms with Gasteiger partial charge in [0.05, 0.1) is 22.6 Å². The first-order valence-corrected chi connectivity index (χ1v) is 10.2. The van der Waals surface area contributed by atoms with Gasteiger partial charge in [-0.25, -0.2) is 10.1 Å². The minimum absolute atomic E-state index is 0.0517. The van der Waals surface area contributed by atoms with E-state index in [-0.39, 0.29) is 11.4 Å². The van der Waals surface area contributed by atoms with Gasteiger partial charge in [-0.1, -0.05) is 5.04 Å². The topological polar surface area (TPSA) is 208 Å². The minimum atomic E-state index is -4.41. The first-order chi connectivity index (χ1) is 14.6. The van der Waals surface area contributed by atoms with Crippen molar-refractivity contribution >= 4 is 51.1 Å². The van der Waals surface area contributed by atoms with Gasteiger partial charge in [-0.05, 0) is 48.5 Å². The Morgan fingerprint density at radius 1 is 1.10 bits per heavy atom. The lowest BCUT2D eigenvalue weighted by atomic mass is 10.1. The average Bonchev–Trinajstić information content (AvgIpc) is 2.73. The molecule has 2 rings (SSSR count). The Labute approximate surface area is 179 Å². The van der Waals surface area contributed by atoms with Crippen molar-refractivity contribution in [2.45, 2.75) is 15.8 Å². The zero-order valence-corrected chi connectivity index (χ0v) is 16.8. The molecule has 1 unspecified atom stereocenters. The van der Waals surface area contributed by atoms with Gasteiger partial charge in [0, 0.05) is 10.6 Å². The number of carboxylic acids is 1. The van der Waals surface area contributed by atoms with E-state index in [9.17, 15) is 18.0 Å². The Morgan fingerprint density at radius 2 is 1.71 bits per heavy atom. The number of hydrogen-bond acceptors (Lipinski definition) is 11. The van der Waals surface area contributed by atoms with Crippen molar-refractivity contribution in [3.8, 4) is 0 Å². The molecule has 5 N–H and O–H groups in total. The molecule has 0 radical (unpaired) electrons. The quantitative estimate of drug-likeness (QED) is 0.0855. The first-order valence-electron chi connectivity index (χ1n) is 7.97. The Bertz CT molecular complexity index is 1090. The lowest BCUT2D eigenvalue weighted by molar-refractivity contribution is -0.432.